The smallest absolute Gasteiger partial charge is 0.241 e. The van der Waals surface area contributed by atoms with Gasteiger partial charge >= 0.3 is 0 Å². The van der Waals surface area contributed by atoms with Gasteiger partial charge in [0, 0.05) is 49.1 Å². The largest absolute Gasteiger partial charge is 0.473 e. The van der Waals surface area contributed by atoms with Crippen LogP contribution < -0.4 is 14.8 Å². The fourth-order valence-electron chi connectivity index (χ4n) is 4.07. The molecule has 11 heteroatoms. The molecular formula is C19H21FN6O3S. The van der Waals surface area contributed by atoms with Crippen LogP contribution in [0.25, 0.3) is 0 Å². The summed E-state index contributed by atoms with van der Waals surface area (Å²) >= 11 is 0. The van der Waals surface area contributed by atoms with Crippen LogP contribution in [0.1, 0.15) is 36.4 Å². The Bertz CT molecular complexity index is 1200. The third-order valence-electron chi connectivity index (χ3n) is 5.59. The minimum Gasteiger partial charge on any atom is -0.473 e. The summed E-state index contributed by atoms with van der Waals surface area (Å²) in [5.74, 6) is 0.779. The van der Waals surface area contributed by atoms with Crippen LogP contribution in [-0.4, -0.2) is 34.5 Å². The molecule has 5 rings (SSSR count). The van der Waals surface area contributed by atoms with Crippen LogP contribution in [0.2, 0.25) is 0 Å². The summed E-state index contributed by atoms with van der Waals surface area (Å²) in [7, 11) is -1.76. The van der Waals surface area contributed by atoms with Gasteiger partial charge in [-0.15, -0.1) is 5.10 Å². The van der Waals surface area contributed by atoms with Crippen LogP contribution >= 0.6 is 0 Å². The molecule has 30 heavy (non-hydrogen) atoms. The highest BCUT2D eigenvalue weighted by Crippen LogP contribution is 2.37. The Hall–Kier alpha value is -2.92. The molecule has 0 spiro atoms. The summed E-state index contributed by atoms with van der Waals surface area (Å²) in [5.41, 5.74) is 1.28. The van der Waals surface area contributed by atoms with Crippen molar-refractivity contribution in [2.45, 2.75) is 42.7 Å². The number of ether oxygens (including phenoxy) is 1. The molecule has 0 radical (unpaired) electrons. The highest BCUT2D eigenvalue weighted by Gasteiger charge is 2.31. The van der Waals surface area contributed by atoms with Gasteiger partial charge < -0.3 is 10.1 Å². The number of nitrogens with one attached hydrogen (secondary N) is 3. The Labute approximate surface area is 172 Å². The predicted molar refractivity (Wildman–Crippen MR) is 107 cm³/mol. The molecule has 2 aromatic heterocycles. The number of aromatic amines is 1. The first kappa shape index (κ1) is 19.1. The van der Waals surface area contributed by atoms with Crippen LogP contribution in [-0.2, 0) is 23.6 Å². The summed E-state index contributed by atoms with van der Waals surface area (Å²) in [6.45, 7) is -0.0510. The highest BCUT2D eigenvalue weighted by atomic mass is 32.2. The van der Waals surface area contributed by atoms with Crippen molar-refractivity contribution in [1.82, 2.24) is 24.7 Å². The Morgan fingerprint density at radius 2 is 2.17 bits per heavy atom. The molecule has 3 aromatic rings. The van der Waals surface area contributed by atoms with Crippen LogP contribution in [0.15, 0.2) is 35.4 Å². The van der Waals surface area contributed by atoms with E-state index in [1.807, 2.05) is 25.4 Å². The third-order valence-corrected chi connectivity index (χ3v) is 7.08. The molecule has 1 aliphatic carbocycles. The lowest BCUT2D eigenvalue weighted by atomic mass is 10.0. The van der Waals surface area contributed by atoms with Gasteiger partial charge in [0.25, 0.3) is 0 Å². The zero-order valence-electron chi connectivity index (χ0n) is 16.2. The van der Waals surface area contributed by atoms with Crippen LogP contribution in [0, 0.1) is 5.82 Å². The monoisotopic (exact) mass is 432 g/mol. The van der Waals surface area contributed by atoms with E-state index in [1.165, 1.54) is 12.1 Å². The van der Waals surface area contributed by atoms with E-state index >= 15 is 0 Å². The molecule has 1 aromatic carbocycles. The highest BCUT2D eigenvalue weighted by molar-refractivity contribution is 7.89. The van der Waals surface area contributed by atoms with Crippen molar-refractivity contribution < 1.29 is 17.5 Å². The molecule has 1 aliphatic heterocycles. The Morgan fingerprint density at radius 1 is 1.30 bits per heavy atom. The fraction of sp³-hybridized carbons (Fsp3) is 0.368. The third kappa shape index (κ3) is 3.43. The first-order valence-corrected chi connectivity index (χ1v) is 11.2. The van der Waals surface area contributed by atoms with E-state index in [0.29, 0.717) is 11.7 Å². The van der Waals surface area contributed by atoms with Crippen molar-refractivity contribution in [1.29, 1.82) is 0 Å². The molecule has 3 heterocycles. The number of sulfonamides is 1. The van der Waals surface area contributed by atoms with Gasteiger partial charge in [0.15, 0.2) is 11.6 Å². The Morgan fingerprint density at radius 3 is 2.97 bits per heavy atom. The lowest BCUT2D eigenvalue weighted by Gasteiger charge is -2.11. The maximum absolute atomic E-state index is 14.7. The number of nitrogens with zero attached hydrogens (tertiary/aromatic N) is 3. The average Bonchev–Trinajstić information content (AvgIpc) is 3.47. The number of hydrogen-bond donors (Lipinski definition) is 3. The zero-order valence-corrected chi connectivity index (χ0v) is 17.0. The molecular weight excluding hydrogens is 411 g/mol. The molecule has 3 N–H and O–H groups in total. The molecule has 0 bridgehead atoms. The first-order chi connectivity index (χ1) is 14.4. The van der Waals surface area contributed by atoms with Crippen molar-refractivity contribution in [3.63, 3.8) is 0 Å². The summed E-state index contributed by atoms with van der Waals surface area (Å²) in [4.78, 5) is -0.0156. The van der Waals surface area contributed by atoms with E-state index in [0.717, 1.165) is 25.0 Å². The second-order valence-electron chi connectivity index (χ2n) is 7.64. The second kappa shape index (κ2) is 7.10. The van der Waals surface area contributed by atoms with E-state index in [1.54, 1.807) is 4.68 Å². The van der Waals surface area contributed by atoms with Crippen molar-refractivity contribution in [3.05, 3.63) is 47.5 Å². The summed E-state index contributed by atoms with van der Waals surface area (Å²) in [5, 5.41) is 14.5. The van der Waals surface area contributed by atoms with Crippen molar-refractivity contribution in [3.8, 4) is 5.88 Å². The van der Waals surface area contributed by atoms with E-state index in [9.17, 15) is 12.8 Å². The van der Waals surface area contributed by atoms with E-state index in [2.05, 4.69) is 25.3 Å². The molecule has 0 saturated heterocycles. The maximum Gasteiger partial charge on any atom is 0.241 e. The SMILES string of the molecule is Cn1ccc(O[C@@H]2CC[C@H](c3cc(Nc4ccc5c(c4F)CNS5(=O)=O)n[nH]3)C2)n1. The molecule has 2 atom stereocenters. The van der Waals surface area contributed by atoms with E-state index in [-0.39, 0.29) is 34.7 Å². The van der Waals surface area contributed by atoms with Gasteiger partial charge in [-0.3, -0.25) is 9.78 Å². The topological polar surface area (TPSA) is 114 Å². The van der Waals surface area contributed by atoms with Gasteiger partial charge in [0.05, 0.1) is 10.6 Å². The summed E-state index contributed by atoms with van der Waals surface area (Å²) < 4.78 is 48.4. The standard InChI is InChI=1S/C19H21FN6O3S/c1-26-7-6-18(25-26)29-12-3-2-11(8-12)15-9-17(24-23-15)22-14-4-5-16-13(19(14)20)10-21-30(16,27)28/h4-7,9,11-12,21H,2-3,8,10H2,1H3,(H2,22,23,24)/t11-,12+/m0/s1. The van der Waals surface area contributed by atoms with Gasteiger partial charge in [-0.1, -0.05) is 0 Å². The number of anilines is 2. The van der Waals surface area contributed by atoms with Crippen molar-refractivity contribution in [2.75, 3.05) is 5.32 Å². The Balaban J connectivity index is 1.27. The molecule has 0 amide bonds. The number of rotatable bonds is 5. The van der Waals surface area contributed by atoms with E-state index < -0.39 is 15.8 Å². The Kier molecular flexibility index (Phi) is 4.51. The van der Waals surface area contributed by atoms with Gasteiger partial charge in [0.2, 0.25) is 15.9 Å². The number of hydrogen-bond acceptors (Lipinski definition) is 6. The first-order valence-electron chi connectivity index (χ1n) is 9.69. The molecule has 2 aliphatic rings. The number of aryl methyl sites for hydroxylation is 1. The maximum atomic E-state index is 14.7. The fourth-order valence-corrected chi connectivity index (χ4v) is 5.29. The van der Waals surface area contributed by atoms with Crippen LogP contribution in [0.4, 0.5) is 15.9 Å². The number of aromatic nitrogens is 4. The summed E-state index contributed by atoms with van der Waals surface area (Å²) in [6, 6.07) is 6.52. The van der Waals surface area contributed by atoms with Crippen molar-refractivity contribution >= 4 is 21.5 Å². The summed E-state index contributed by atoms with van der Waals surface area (Å²) in [6.07, 6.45) is 4.65. The minimum atomic E-state index is -3.61. The van der Waals surface area contributed by atoms with Crippen molar-refractivity contribution in [2.24, 2.45) is 7.05 Å². The normalized spacial score (nSPS) is 22.2. The molecule has 1 saturated carbocycles. The number of benzene rings is 1. The molecule has 158 valence electrons. The lowest BCUT2D eigenvalue weighted by molar-refractivity contribution is 0.198. The van der Waals surface area contributed by atoms with Crippen LogP contribution in [0.5, 0.6) is 5.88 Å². The predicted octanol–water partition coefficient (Wildman–Crippen LogP) is 2.53. The van der Waals surface area contributed by atoms with Gasteiger partial charge in [0.1, 0.15) is 6.10 Å². The minimum absolute atomic E-state index is 0.0156. The average molecular weight is 432 g/mol. The second-order valence-corrected chi connectivity index (χ2v) is 9.37. The van der Waals surface area contributed by atoms with E-state index in [4.69, 9.17) is 4.74 Å². The van der Waals surface area contributed by atoms with Gasteiger partial charge in [-0.05, 0) is 31.4 Å². The number of fused-ring (bicyclic) bond motifs is 1. The zero-order chi connectivity index (χ0) is 20.9. The molecule has 9 nitrogen and oxygen atoms in total. The number of H-pyrrole nitrogens is 1. The quantitative estimate of drug-likeness (QED) is 0.571. The number of halogens is 1. The van der Waals surface area contributed by atoms with Crippen LogP contribution in [0.3, 0.4) is 0 Å². The molecule has 0 unspecified atom stereocenters. The van der Waals surface area contributed by atoms with Gasteiger partial charge in [-0.2, -0.15) is 5.10 Å². The lowest BCUT2D eigenvalue weighted by Crippen LogP contribution is -2.13. The van der Waals surface area contributed by atoms with Gasteiger partial charge in [-0.25, -0.2) is 17.5 Å². The molecule has 1 fully saturated rings.